The molecule has 1 heterocycles. The van der Waals surface area contributed by atoms with Gasteiger partial charge >= 0.3 is 0 Å². The van der Waals surface area contributed by atoms with Crippen molar-refractivity contribution in [3.8, 4) is 0 Å². The number of nitrogens with one attached hydrogen (secondary N) is 1. The molecule has 11 heavy (non-hydrogen) atoms. The van der Waals surface area contributed by atoms with Crippen molar-refractivity contribution in [3.05, 3.63) is 0 Å². The topological polar surface area (TPSA) is 12.0 Å². The summed E-state index contributed by atoms with van der Waals surface area (Å²) in [6, 6.07) is 0. The van der Waals surface area contributed by atoms with Crippen LogP contribution < -0.4 is 5.32 Å². The van der Waals surface area contributed by atoms with Gasteiger partial charge in [-0.25, -0.2) is 0 Å². The van der Waals surface area contributed by atoms with E-state index in [-0.39, 0.29) is 0 Å². The lowest BCUT2D eigenvalue weighted by Crippen LogP contribution is -2.18. The van der Waals surface area contributed by atoms with Crippen LogP contribution in [0.4, 0.5) is 0 Å². The van der Waals surface area contributed by atoms with Crippen LogP contribution in [0.3, 0.4) is 0 Å². The molecule has 0 bridgehead atoms. The van der Waals surface area contributed by atoms with Gasteiger partial charge in [0.15, 0.2) is 0 Å². The second-order valence-electron chi connectivity index (χ2n) is 4.58. The molecular weight excluding hydrogens is 134 g/mol. The quantitative estimate of drug-likeness (QED) is 0.660. The van der Waals surface area contributed by atoms with Crippen molar-refractivity contribution in [1.29, 1.82) is 0 Å². The maximum atomic E-state index is 3.42. The summed E-state index contributed by atoms with van der Waals surface area (Å²) >= 11 is 0. The van der Waals surface area contributed by atoms with Crippen LogP contribution >= 0.6 is 0 Å². The van der Waals surface area contributed by atoms with Crippen LogP contribution in [-0.4, -0.2) is 13.1 Å². The summed E-state index contributed by atoms with van der Waals surface area (Å²) in [5, 5.41) is 3.42. The summed E-state index contributed by atoms with van der Waals surface area (Å²) in [6.45, 7) is 9.55. The molecule has 0 aromatic rings. The predicted molar refractivity (Wildman–Crippen MR) is 49.7 cm³/mol. The van der Waals surface area contributed by atoms with Gasteiger partial charge in [-0.05, 0) is 37.3 Å². The molecule has 0 aromatic heterocycles. The van der Waals surface area contributed by atoms with Crippen molar-refractivity contribution in [1.82, 2.24) is 5.32 Å². The monoisotopic (exact) mass is 155 g/mol. The molecule has 1 N–H and O–H groups in total. The van der Waals surface area contributed by atoms with Gasteiger partial charge in [0.2, 0.25) is 0 Å². The minimum atomic E-state index is 0.566. The molecule has 1 unspecified atom stereocenters. The molecule has 1 saturated heterocycles. The summed E-state index contributed by atoms with van der Waals surface area (Å²) < 4.78 is 0. The minimum absolute atomic E-state index is 0.566. The van der Waals surface area contributed by atoms with Crippen LogP contribution in [0.5, 0.6) is 0 Å². The Morgan fingerprint density at radius 1 is 1.45 bits per heavy atom. The van der Waals surface area contributed by atoms with Gasteiger partial charge in [0.1, 0.15) is 0 Å². The molecule has 0 aliphatic carbocycles. The second-order valence-corrected chi connectivity index (χ2v) is 4.58. The first-order chi connectivity index (χ1) is 5.14. The summed E-state index contributed by atoms with van der Waals surface area (Å²) in [4.78, 5) is 0. The van der Waals surface area contributed by atoms with Crippen molar-refractivity contribution in [2.45, 2.75) is 40.0 Å². The standard InChI is InChI=1S/C10H21N/c1-4-10(2,3)7-9-5-6-11-8-9/h9,11H,4-8H2,1-3H3. The van der Waals surface area contributed by atoms with Crippen LogP contribution in [0.2, 0.25) is 0 Å². The summed E-state index contributed by atoms with van der Waals surface area (Å²) in [5.74, 6) is 0.949. The molecule has 1 atom stereocenters. The molecule has 0 saturated carbocycles. The van der Waals surface area contributed by atoms with Gasteiger partial charge in [-0.2, -0.15) is 0 Å². The lowest BCUT2D eigenvalue weighted by Gasteiger charge is -2.25. The highest BCUT2D eigenvalue weighted by molar-refractivity contribution is 4.77. The van der Waals surface area contributed by atoms with E-state index in [2.05, 4.69) is 26.1 Å². The van der Waals surface area contributed by atoms with Gasteiger partial charge in [0.25, 0.3) is 0 Å². The molecule has 0 amide bonds. The van der Waals surface area contributed by atoms with Crippen molar-refractivity contribution in [2.75, 3.05) is 13.1 Å². The van der Waals surface area contributed by atoms with E-state index in [1.54, 1.807) is 0 Å². The van der Waals surface area contributed by atoms with Gasteiger partial charge in [0, 0.05) is 0 Å². The Balaban J connectivity index is 2.28. The van der Waals surface area contributed by atoms with Crippen LogP contribution in [0.25, 0.3) is 0 Å². The zero-order chi connectivity index (χ0) is 8.32. The normalized spacial score (nSPS) is 25.9. The van der Waals surface area contributed by atoms with E-state index in [0.29, 0.717) is 5.41 Å². The fourth-order valence-electron chi connectivity index (χ4n) is 1.81. The lowest BCUT2D eigenvalue weighted by atomic mass is 9.80. The second kappa shape index (κ2) is 3.57. The Morgan fingerprint density at radius 2 is 2.18 bits per heavy atom. The van der Waals surface area contributed by atoms with Gasteiger partial charge in [-0.15, -0.1) is 0 Å². The van der Waals surface area contributed by atoms with Crippen LogP contribution in [0.1, 0.15) is 40.0 Å². The first kappa shape index (κ1) is 9.05. The third-order valence-corrected chi connectivity index (χ3v) is 2.96. The number of hydrogen-bond donors (Lipinski definition) is 1. The highest BCUT2D eigenvalue weighted by Crippen LogP contribution is 2.31. The molecule has 1 aliphatic heterocycles. The SMILES string of the molecule is CCC(C)(C)CC1CCNC1. The van der Waals surface area contributed by atoms with E-state index in [1.807, 2.05) is 0 Å². The van der Waals surface area contributed by atoms with Crippen molar-refractivity contribution in [2.24, 2.45) is 11.3 Å². The smallest absolute Gasteiger partial charge is 0.00198 e. The molecular formula is C10H21N. The summed E-state index contributed by atoms with van der Waals surface area (Å²) in [5.41, 5.74) is 0.566. The highest BCUT2D eigenvalue weighted by atomic mass is 14.9. The third-order valence-electron chi connectivity index (χ3n) is 2.96. The molecule has 0 spiro atoms. The molecule has 1 nitrogen and oxygen atoms in total. The molecule has 66 valence electrons. The van der Waals surface area contributed by atoms with E-state index >= 15 is 0 Å². The fraction of sp³-hybridized carbons (Fsp3) is 1.00. The van der Waals surface area contributed by atoms with Gasteiger partial charge in [-0.1, -0.05) is 27.2 Å². The fourth-order valence-corrected chi connectivity index (χ4v) is 1.81. The van der Waals surface area contributed by atoms with E-state index in [0.717, 1.165) is 5.92 Å². The average molecular weight is 155 g/mol. The van der Waals surface area contributed by atoms with Crippen LogP contribution in [0.15, 0.2) is 0 Å². The largest absolute Gasteiger partial charge is 0.316 e. The Hall–Kier alpha value is -0.0400. The molecule has 1 heteroatoms. The molecule has 1 fully saturated rings. The zero-order valence-electron chi connectivity index (χ0n) is 8.11. The molecule has 1 rings (SSSR count). The Morgan fingerprint density at radius 3 is 2.64 bits per heavy atom. The Kier molecular flexibility index (Phi) is 2.94. The zero-order valence-corrected chi connectivity index (χ0v) is 8.11. The van der Waals surface area contributed by atoms with E-state index < -0.39 is 0 Å². The number of hydrogen-bond acceptors (Lipinski definition) is 1. The third kappa shape index (κ3) is 2.82. The first-order valence-corrected chi connectivity index (χ1v) is 4.85. The predicted octanol–water partition coefficient (Wildman–Crippen LogP) is 2.42. The highest BCUT2D eigenvalue weighted by Gasteiger charge is 2.23. The van der Waals surface area contributed by atoms with Crippen LogP contribution in [0, 0.1) is 11.3 Å². The van der Waals surface area contributed by atoms with Gasteiger partial charge in [-0.3, -0.25) is 0 Å². The Labute approximate surface area is 70.6 Å². The molecule has 0 radical (unpaired) electrons. The average Bonchev–Trinajstić information content (AvgIpc) is 2.39. The van der Waals surface area contributed by atoms with Crippen molar-refractivity contribution in [3.63, 3.8) is 0 Å². The minimum Gasteiger partial charge on any atom is -0.316 e. The van der Waals surface area contributed by atoms with Gasteiger partial charge in [0.05, 0.1) is 0 Å². The first-order valence-electron chi connectivity index (χ1n) is 4.85. The molecule has 0 aromatic carbocycles. The Bertz CT molecular complexity index is 112. The molecule has 1 aliphatic rings. The summed E-state index contributed by atoms with van der Waals surface area (Å²) in [7, 11) is 0. The maximum absolute atomic E-state index is 3.42. The van der Waals surface area contributed by atoms with E-state index in [4.69, 9.17) is 0 Å². The lowest BCUT2D eigenvalue weighted by molar-refractivity contribution is 0.266. The number of rotatable bonds is 3. The van der Waals surface area contributed by atoms with Crippen LogP contribution in [-0.2, 0) is 0 Å². The van der Waals surface area contributed by atoms with Gasteiger partial charge < -0.3 is 5.32 Å². The summed E-state index contributed by atoms with van der Waals surface area (Å²) in [6.07, 6.45) is 4.10. The van der Waals surface area contributed by atoms with Crippen molar-refractivity contribution >= 4 is 0 Å². The maximum Gasteiger partial charge on any atom is -0.00198 e. The van der Waals surface area contributed by atoms with E-state index in [1.165, 1.54) is 32.4 Å². The van der Waals surface area contributed by atoms with E-state index in [9.17, 15) is 0 Å². The van der Waals surface area contributed by atoms with Crippen molar-refractivity contribution < 1.29 is 0 Å².